The SMILES string of the molecule is Cc1ccc(NC(=O)c2cccc(C(F)(F)F)c2)cc1-c1nc2cnc(Nc3ccc(CCN4CCOCC4)cc3)nc2n(C)c1=O. The molecule has 0 unspecified atom stereocenters. The summed E-state index contributed by atoms with van der Waals surface area (Å²) in [6.45, 7) is 6.22. The second-order valence-corrected chi connectivity index (χ2v) is 11.3. The number of carbonyl (C=O) groups excluding carboxylic acids is 1. The lowest BCUT2D eigenvalue weighted by Crippen LogP contribution is -2.37. The summed E-state index contributed by atoms with van der Waals surface area (Å²) in [5.74, 6) is -0.417. The van der Waals surface area contributed by atoms with E-state index in [0.29, 0.717) is 33.9 Å². The molecule has 10 nitrogen and oxygen atoms in total. The Morgan fingerprint density at radius 2 is 1.72 bits per heavy atom. The molecular weight excluding hydrogens is 611 g/mol. The second-order valence-electron chi connectivity index (χ2n) is 11.3. The van der Waals surface area contributed by atoms with E-state index in [2.05, 4.69) is 42.6 Å². The van der Waals surface area contributed by atoms with Crippen LogP contribution in [0.5, 0.6) is 0 Å². The van der Waals surface area contributed by atoms with E-state index in [-0.39, 0.29) is 11.3 Å². The molecule has 2 aromatic heterocycles. The number of amides is 1. The number of nitrogens with zero attached hydrogens (tertiary/aromatic N) is 5. The summed E-state index contributed by atoms with van der Waals surface area (Å²) < 4.78 is 46.2. The van der Waals surface area contributed by atoms with Crippen LogP contribution in [0, 0.1) is 6.92 Å². The van der Waals surface area contributed by atoms with E-state index in [1.807, 2.05) is 12.1 Å². The Hall–Kier alpha value is -5.14. The smallest absolute Gasteiger partial charge is 0.379 e. The number of nitrogens with one attached hydrogen (secondary N) is 2. The number of rotatable bonds is 8. The Morgan fingerprint density at radius 3 is 2.47 bits per heavy atom. The summed E-state index contributed by atoms with van der Waals surface area (Å²) in [6, 6.07) is 17.1. The van der Waals surface area contributed by atoms with E-state index in [1.54, 1.807) is 32.2 Å². The average molecular weight is 644 g/mol. The zero-order chi connectivity index (χ0) is 33.1. The van der Waals surface area contributed by atoms with Gasteiger partial charge in [0.25, 0.3) is 11.5 Å². The highest BCUT2D eigenvalue weighted by Gasteiger charge is 2.31. The van der Waals surface area contributed by atoms with Crippen LogP contribution in [-0.4, -0.2) is 63.2 Å². The molecule has 242 valence electrons. The van der Waals surface area contributed by atoms with Gasteiger partial charge in [-0.3, -0.25) is 19.1 Å². The zero-order valence-corrected chi connectivity index (χ0v) is 25.8. The van der Waals surface area contributed by atoms with Crippen molar-refractivity contribution in [2.24, 2.45) is 7.05 Å². The molecule has 0 radical (unpaired) electrons. The van der Waals surface area contributed by atoms with Gasteiger partial charge >= 0.3 is 6.18 Å². The molecule has 47 heavy (non-hydrogen) atoms. The molecule has 2 N–H and O–H groups in total. The lowest BCUT2D eigenvalue weighted by molar-refractivity contribution is -0.137. The fourth-order valence-electron chi connectivity index (χ4n) is 5.34. The molecule has 1 aliphatic rings. The number of carbonyl (C=O) groups is 1. The first kappa shape index (κ1) is 31.8. The quantitative estimate of drug-likeness (QED) is 0.225. The van der Waals surface area contributed by atoms with Crippen molar-refractivity contribution >= 4 is 34.4 Å². The minimum absolute atomic E-state index is 0.115. The molecule has 0 saturated carbocycles. The summed E-state index contributed by atoms with van der Waals surface area (Å²) in [5.41, 5.74) is 2.79. The van der Waals surface area contributed by atoms with Crippen molar-refractivity contribution in [3.63, 3.8) is 0 Å². The predicted octanol–water partition coefficient (Wildman–Crippen LogP) is 5.59. The maximum absolute atomic E-state index is 13.5. The summed E-state index contributed by atoms with van der Waals surface area (Å²) in [6.07, 6.45) is -2.11. The molecule has 1 fully saturated rings. The molecule has 0 spiro atoms. The van der Waals surface area contributed by atoms with Crippen LogP contribution in [-0.2, 0) is 24.4 Å². The maximum Gasteiger partial charge on any atom is 0.416 e. The minimum atomic E-state index is -4.58. The molecule has 0 aliphatic carbocycles. The number of aryl methyl sites for hydroxylation is 2. The van der Waals surface area contributed by atoms with E-state index in [4.69, 9.17) is 4.74 Å². The molecule has 1 saturated heterocycles. The number of alkyl halides is 3. The van der Waals surface area contributed by atoms with E-state index >= 15 is 0 Å². The van der Waals surface area contributed by atoms with Gasteiger partial charge in [0.15, 0.2) is 5.65 Å². The third kappa shape index (κ3) is 7.31. The van der Waals surface area contributed by atoms with Gasteiger partial charge in [0.1, 0.15) is 11.2 Å². The Balaban J connectivity index is 1.19. The number of halogens is 3. The molecule has 0 atom stereocenters. The monoisotopic (exact) mass is 643 g/mol. The summed E-state index contributed by atoms with van der Waals surface area (Å²) >= 11 is 0. The fourth-order valence-corrected chi connectivity index (χ4v) is 5.34. The molecule has 6 rings (SSSR count). The summed E-state index contributed by atoms with van der Waals surface area (Å²) in [5, 5.41) is 5.81. The summed E-state index contributed by atoms with van der Waals surface area (Å²) in [4.78, 5) is 42.2. The van der Waals surface area contributed by atoms with Gasteiger partial charge in [0, 0.05) is 49.2 Å². The van der Waals surface area contributed by atoms with E-state index < -0.39 is 23.2 Å². The van der Waals surface area contributed by atoms with Gasteiger partial charge in [-0.05, 0) is 66.9 Å². The highest BCUT2D eigenvalue weighted by molar-refractivity contribution is 6.04. The van der Waals surface area contributed by atoms with Gasteiger partial charge in [-0.1, -0.05) is 24.3 Å². The number of hydrogen-bond donors (Lipinski definition) is 2. The van der Waals surface area contributed by atoms with Crippen LogP contribution in [0.25, 0.3) is 22.4 Å². The number of ether oxygens (including phenoxy) is 1. The highest BCUT2D eigenvalue weighted by Crippen LogP contribution is 2.30. The minimum Gasteiger partial charge on any atom is -0.379 e. The Morgan fingerprint density at radius 1 is 0.979 bits per heavy atom. The van der Waals surface area contributed by atoms with Crippen molar-refractivity contribution in [3.05, 3.63) is 106 Å². The van der Waals surface area contributed by atoms with Gasteiger partial charge in [-0.25, -0.2) is 9.97 Å². The molecule has 13 heteroatoms. The third-order valence-corrected chi connectivity index (χ3v) is 8.04. The van der Waals surface area contributed by atoms with Crippen molar-refractivity contribution in [2.75, 3.05) is 43.5 Å². The predicted molar refractivity (Wildman–Crippen MR) is 173 cm³/mol. The van der Waals surface area contributed by atoms with Crippen LogP contribution in [0.1, 0.15) is 27.0 Å². The highest BCUT2D eigenvalue weighted by atomic mass is 19.4. The first-order chi connectivity index (χ1) is 22.5. The number of anilines is 3. The maximum atomic E-state index is 13.5. The van der Waals surface area contributed by atoms with Crippen LogP contribution in [0.15, 0.2) is 77.7 Å². The number of morpholine rings is 1. The van der Waals surface area contributed by atoms with Crippen LogP contribution in [0.4, 0.5) is 30.5 Å². The molecule has 1 amide bonds. The molecule has 5 aromatic rings. The molecule has 3 heterocycles. The van der Waals surface area contributed by atoms with Crippen molar-refractivity contribution in [1.29, 1.82) is 0 Å². The topological polar surface area (TPSA) is 114 Å². The zero-order valence-electron chi connectivity index (χ0n) is 25.8. The second kappa shape index (κ2) is 13.3. The van der Waals surface area contributed by atoms with Gasteiger partial charge < -0.3 is 15.4 Å². The van der Waals surface area contributed by atoms with Crippen LogP contribution in [0.3, 0.4) is 0 Å². The Kier molecular flexibility index (Phi) is 9.01. The van der Waals surface area contributed by atoms with Gasteiger partial charge in [-0.2, -0.15) is 18.2 Å². The number of hydrogen-bond acceptors (Lipinski definition) is 8. The van der Waals surface area contributed by atoms with E-state index in [9.17, 15) is 22.8 Å². The van der Waals surface area contributed by atoms with Gasteiger partial charge in [-0.15, -0.1) is 0 Å². The summed E-state index contributed by atoms with van der Waals surface area (Å²) in [7, 11) is 1.59. The fraction of sp³-hybridized carbons (Fsp3) is 0.265. The van der Waals surface area contributed by atoms with Crippen molar-refractivity contribution < 1.29 is 22.7 Å². The number of benzene rings is 3. The lowest BCUT2D eigenvalue weighted by Gasteiger charge is -2.26. The van der Waals surface area contributed by atoms with Gasteiger partial charge in [0.05, 0.1) is 25.0 Å². The van der Waals surface area contributed by atoms with E-state index in [0.717, 1.165) is 57.1 Å². The van der Waals surface area contributed by atoms with Crippen LogP contribution >= 0.6 is 0 Å². The largest absolute Gasteiger partial charge is 0.416 e. The Labute approximate surface area is 268 Å². The Bertz CT molecular complexity index is 1990. The van der Waals surface area contributed by atoms with Crippen LogP contribution < -0.4 is 16.2 Å². The molecular formula is C34H32F3N7O3. The van der Waals surface area contributed by atoms with Crippen LogP contribution in [0.2, 0.25) is 0 Å². The third-order valence-electron chi connectivity index (χ3n) is 8.04. The standard InChI is InChI=1S/C34H32F3N7O3/c1-21-6-9-26(39-31(45)23-4-3-5-24(18-23)34(35,36)37)19-27(21)29-32(46)43(2)30-28(41-29)20-38-33(42-30)40-25-10-7-22(8-11-25)12-13-44-14-16-47-17-15-44/h3-11,18-20H,12-17H2,1-2H3,(H,39,45)(H,38,40,42). The average Bonchev–Trinajstić information content (AvgIpc) is 3.07. The molecule has 1 aliphatic heterocycles. The number of fused-ring (bicyclic) bond motifs is 1. The molecule has 3 aromatic carbocycles. The lowest BCUT2D eigenvalue weighted by atomic mass is 10.0. The first-order valence-corrected chi connectivity index (χ1v) is 15.0. The van der Waals surface area contributed by atoms with Crippen molar-refractivity contribution in [2.45, 2.75) is 19.5 Å². The number of aromatic nitrogens is 4. The first-order valence-electron chi connectivity index (χ1n) is 15.0. The van der Waals surface area contributed by atoms with Crippen molar-refractivity contribution in [1.82, 2.24) is 24.4 Å². The van der Waals surface area contributed by atoms with Gasteiger partial charge in [0.2, 0.25) is 5.95 Å². The molecule has 0 bridgehead atoms. The van der Waals surface area contributed by atoms with Crippen molar-refractivity contribution in [3.8, 4) is 11.3 Å². The van der Waals surface area contributed by atoms with E-state index in [1.165, 1.54) is 28.5 Å². The normalized spacial score (nSPS) is 13.9.